The van der Waals surface area contributed by atoms with Gasteiger partial charge in [0.25, 0.3) is 0 Å². The fourth-order valence-electron chi connectivity index (χ4n) is 2.34. The standard InChI is InChI=1S/C18H24O2S2/c1-4-6-8-13(3)18(19)20-15(5-2)14-11-17(22-12-14)16-9-7-10-21-16/h7,9-13,15H,4-6,8H2,1-3H3. The maximum absolute atomic E-state index is 12.2. The number of esters is 1. The highest BCUT2D eigenvalue weighted by atomic mass is 32.1. The zero-order chi connectivity index (χ0) is 15.9. The van der Waals surface area contributed by atoms with Crippen LogP contribution >= 0.6 is 22.7 Å². The Labute approximate surface area is 141 Å². The molecule has 2 heterocycles. The zero-order valence-electron chi connectivity index (χ0n) is 13.5. The van der Waals surface area contributed by atoms with Gasteiger partial charge in [0.15, 0.2) is 0 Å². The lowest BCUT2D eigenvalue weighted by molar-refractivity contribution is -0.154. The largest absolute Gasteiger partial charge is 0.457 e. The third-order valence-corrected chi connectivity index (χ3v) is 5.79. The van der Waals surface area contributed by atoms with Crippen LogP contribution in [0.25, 0.3) is 9.75 Å². The van der Waals surface area contributed by atoms with Crippen LogP contribution in [0.2, 0.25) is 0 Å². The second-order valence-electron chi connectivity index (χ2n) is 5.60. The first-order chi connectivity index (χ1) is 10.7. The minimum Gasteiger partial charge on any atom is -0.457 e. The second-order valence-corrected chi connectivity index (χ2v) is 7.46. The van der Waals surface area contributed by atoms with Gasteiger partial charge in [-0.1, -0.05) is 39.7 Å². The highest BCUT2D eigenvalue weighted by Gasteiger charge is 2.21. The van der Waals surface area contributed by atoms with Crippen molar-refractivity contribution in [1.82, 2.24) is 0 Å². The Balaban J connectivity index is 2.01. The molecule has 2 unspecified atom stereocenters. The molecular formula is C18H24O2S2. The summed E-state index contributed by atoms with van der Waals surface area (Å²) in [6.07, 6.45) is 3.79. The summed E-state index contributed by atoms with van der Waals surface area (Å²) in [6.45, 7) is 6.18. The molecule has 22 heavy (non-hydrogen) atoms. The fourth-order valence-corrected chi connectivity index (χ4v) is 4.14. The molecule has 0 aliphatic heterocycles. The summed E-state index contributed by atoms with van der Waals surface area (Å²) in [7, 11) is 0. The van der Waals surface area contributed by atoms with Crippen LogP contribution in [-0.4, -0.2) is 5.97 Å². The van der Waals surface area contributed by atoms with E-state index in [1.54, 1.807) is 22.7 Å². The van der Waals surface area contributed by atoms with E-state index in [0.717, 1.165) is 31.2 Å². The lowest BCUT2D eigenvalue weighted by Crippen LogP contribution is -2.17. The average molecular weight is 337 g/mol. The number of thiophene rings is 2. The van der Waals surface area contributed by atoms with Crippen LogP contribution < -0.4 is 0 Å². The van der Waals surface area contributed by atoms with Gasteiger partial charge in [-0.2, -0.15) is 0 Å². The molecule has 2 nitrogen and oxygen atoms in total. The number of unbranched alkanes of at least 4 members (excludes halogenated alkanes) is 1. The van der Waals surface area contributed by atoms with Crippen LogP contribution in [0, 0.1) is 5.92 Å². The summed E-state index contributed by atoms with van der Waals surface area (Å²) < 4.78 is 5.75. The van der Waals surface area contributed by atoms with Crippen molar-refractivity contribution >= 4 is 28.6 Å². The monoisotopic (exact) mass is 336 g/mol. The summed E-state index contributed by atoms with van der Waals surface area (Å²) in [4.78, 5) is 14.7. The number of carbonyl (C=O) groups is 1. The van der Waals surface area contributed by atoms with E-state index in [-0.39, 0.29) is 18.0 Å². The topological polar surface area (TPSA) is 26.3 Å². The Kier molecular flexibility index (Phi) is 6.65. The summed E-state index contributed by atoms with van der Waals surface area (Å²) in [5.41, 5.74) is 1.12. The van der Waals surface area contributed by atoms with E-state index in [2.05, 4.69) is 42.8 Å². The van der Waals surface area contributed by atoms with Crippen LogP contribution in [0.4, 0.5) is 0 Å². The molecule has 0 amide bonds. The normalized spacial score (nSPS) is 13.8. The lowest BCUT2D eigenvalue weighted by atomic mass is 10.0. The zero-order valence-corrected chi connectivity index (χ0v) is 15.1. The molecule has 120 valence electrons. The molecule has 0 bridgehead atoms. The number of ether oxygens (including phenoxy) is 1. The van der Waals surface area contributed by atoms with Crippen molar-refractivity contribution in [2.45, 2.75) is 52.6 Å². The molecule has 0 aromatic carbocycles. The van der Waals surface area contributed by atoms with Crippen molar-refractivity contribution in [3.8, 4) is 9.75 Å². The number of rotatable bonds is 8. The van der Waals surface area contributed by atoms with Gasteiger partial charge in [0.2, 0.25) is 0 Å². The molecule has 0 N–H and O–H groups in total. The second kappa shape index (κ2) is 8.49. The van der Waals surface area contributed by atoms with Crippen molar-refractivity contribution in [3.63, 3.8) is 0 Å². The van der Waals surface area contributed by atoms with E-state index in [0.29, 0.717) is 0 Å². The van der Waals surface area contributed by atoms with Crippen molar-refractivity contribution in [3.05, 3.63) is 34.5 Å². The van der Waals surface area contributed by atoms with Gasteiger partial charge in [-0.15, -0.1) is 22.7 Å². The van der Waals surface area contributed by atoms with E-state index in [4.69, 9.17) is 4.74 Å². The molecule has 0 spiro atoms. The first-order valence-electron chi connectivity index (χ1n) is 7.98. The van der Waals surface area contributed by atoms with Crippen LogP contribution in [0.3, 0.4) is 0 Å². The van der Waals surface area contributed by atoms with Gasteiger partial charge in [-0.05, 0) is 35.7 Å². The van der Waals surface area contributed by atoms with Gasteiger partial charge in [0.05, 0.1) is 5.92 Å². The molecule has 0 aliphatic rings. The molecule has 2 aromatic rings. The molecule has 0 aliphatic carbocycles. The van der Waals surface area contributed by atoms with Crippen molar-refractivity contribution in [2.24, 2.45) is 5.92 Å². The summed E-state index contributed by atoms with van der Waals surface area (Å²) in [6, 6.07) is 6.35. The third kappa shape index (κ3) is 4.43. The maximum Gasteiger partial charge on any atom is 0.309 e. The Hall–Kier alpha value is -1.13. The van der Waals surface area contributed by atoms with E-state index in [1.165, 1.54) is 9.75 Å². The third-order valence-electron chi connectivity index (χ3n) is 3.78. The Morgan fingerprint density at radius 1 is 1.27 bits per heavy atom. The van der Waals surface area contributed by atoms with Crippen molar-refractivity contribution in [2.75, 3.05) is 0 Å². The quantitative estimate of drug-likeness (QED) is 0.529. The first kappa shape index (κ1) is 17.2. The molecule has 2 rings (SSSR count). The van der Waals surface area contributed by atoms with Gasteiger partial charge in [0.1, 0.15) is 6.10 Å². The summed E-state index contributed by atoms with van der Waals surface area (Å²) in [5.74, 6) is -0.0754. The molecule has 4 heteroatoms. The highest BCUT2D eigenvalue weighted by Crippen LogP contribution is 2.35. The van der Waals surface area contributed by atoms with Crippen LogP contribution in [0.15, 0.2) is 29.0 Å². The molecule has 0 radical (unpaired) electrons. The van der Waals surface area contributed by atoms with Crippen molar-refractivity contribution in [1.29, 1.82) is 0 Å². The Morgan fingerprint density at radius 3 is 2.73 bits per heavy atom. The van der Waals surface area contributed by atoms with Gasteiger partial charge >= 0.3 is 5.97 Å². The van der Waals surface area contributed by atoms with Crippen LogP contribution in [-0.2, 0) is 9.53 Å². The van der Waals surface area contributed by atoms with Crippen LogP contribution in [0.5, 0.6) is 0 Å². The summed E-state index contributed by atoms with van der Waals surface area (Å²) in [5, 5.41) is 4.20. The molecule has 0 saturated carbocycles. The predicted octanol–water partition coefficient (Wildman–Crippen LogP) is 6.30. The number of hydrogen-bond donors (Lipinski definition) is 0. The van der Waals surface area contributed by atoms with Gasteiger partial charge in [0, 0.05) is 15.3 Å². The van der Waals surface area contributed by atoms with E-state index in [1.807, 2.05) is 6.92 Å². The fraction of sp³-hybridized carbons (Fsp3) is 0.500. The average Bonchev–Trinajstić information content (AvgIpc) is 3.20. The van der Waals surface area contributed by atoms with Gasteiger partial charge < -0.3 is 4.74 Å². The minimum atomic E-state index is -0.124. The number of carbonyl (C=O) groups excluding carboxylic acids is 1. The Morgan fingerprint density at radius 2 is 2.09 bits per heavy atom. The molecule has 0 saturated heterocycles. The van der Waals surface area contributed by atoms with E-state index < -0.39 is 0 Å². The molecular weight excluding hydrogens is 312 g/mol. The van der Waals surface area contributed by atoms with E-state index >= 15 is 0 Å². The SMILES string of the molecule is CCCCC(C)C(=O)OC(CC)c1csc(-c2cccs2)c1. The van der Waals surface area contributed by atoms with Gasteiger partial charge in [-0.3, -0.25) is 4.79 Å². The van der Waals surface area contributed by atoms with Crippen LogP contribution in [0.1, 0.15) is 58.1 Å². The molecule has 2 aromatic heterocycles. The van der Waals surface area contributed by atoms with Gasteiger partial charge in [-0.25, -0.2) is 0 Å². The first-order valence-corrected chi connectivity index (χ1v) is 9.74. The molecule has 2 atom stereocenters. The number of hydrogen-bond acceptors (Lipinski definition) is 4. The maximum atomic E-state index is 12.2. The van der Waals surface area contributed by atoms with E-state index in [9.17, 15) is 4.79 Å². The Bertz CT molecular complexity index is 572. The van der Waals surface area contributed by atoms with Crippen molar-refractivity contribution < 1.29 is 9.53 Å². The molecule has 0 fully saturated rings. The highest BCUT2D eigenvalue weighted by molar-refractivity contribution is 7.20. The minimum absolute atomic E-state index is 0.00981. The summed E-state index contributed by atoms with van der Waals surface area (Å²) >= 11 is 3.46. The lowest BCUT2D eigenvalue weighted by Gasteiger charge is -2.18. The predicted molar refractivity (Wildman–Crippen MR) is 95.4 cm³/mol. The smallest absolute Gasteiger partial charge is 0.309 e.